The summed E-state index contributed by atoms with van der Waals surface area (Å²) in [6.07, 6.45) is 0. The minimum Gasteiger partial charge on any atom is -0.481 e. The van der Waals surface area contributed by atoms with Gasteiger partial charge in [-0.25, -0.2) is 4.39 Å². The van der Waals surface area contributed by atoms with Crippen LogP contribution in [0.25, 0.3) is 0 Å². The number of carbonyl (C=O) groups is 2. The van der Waals surface area contributed by atoms with Gasteiger partial charge in [0.15, 0.2) is 0 Å². The van der Waals surface area contributed by atoms with E-state index in [0.717, 1.165) is 0 Å². The van der Waals surface area contributed by atoms with E-state index in [1.54, 1.807) is 36.4 Å². The Morgan fingerprint density at radius 2 is 1.64 bits per heavy atom. The molecule has 0 aromatic heterocycles. The van der Waals surface area contributed by atoms with Gasteiger partial charge in [-0.3, -0.25) is 9.59 Å². The molecule has 2 N–H and O–H groups in total. The van der Waals surface area contributed by atoms with Gasteiger partial charge in [-0.2, -0.15) is 0 Å². The summed E-state index contributed by atoms with van der Waals surface area (Å²) in [6.45, 7) is 1.50. The Hall–Kier alpha value is -2.69. The molecule has 4 nitrogen and oxygen atoms in total. The number of carbonyl (C=O) groups excluding carboxylic acids is 1. The van der Waals surface area contributed by atoms with Gasteiger partial charge < -0.3 is 10.4 Å². The van der Waals surface area contributed by atoms with E-state index in [0.29, 0.717) is 5.56 Å². The molecule has 0 heterocycles. The molecular formula is C17H16FNO3. The van der Waals surface area contributed by atoms with Crippen molar-refractivity contribution in [2.45, 2.75) is 13.0 Å². The summed E-state index contributed by atoms with van der Waals surface area (Å²) in [5.41, 5.74) is 0.545. The van der Waals surface area contributed by atoms with E-state index in [1.807, 2.05) is 0 Å². The third-order valence-electron chi connectivity index (χ3n) is 3.45. The highest BCUT2D eigenvalue weighted by molar-refractivity contribution is 5.95. The van der Waals surface area contributed by atoms with Crippen LogP contribution in [0.5, 0.6) is 0 Å². The first-order chi connectivity index (χ1) is 10.5. The van der Waals surface area contributed by atoms with Crippen molar-refractivity contribution in [1.29, 1.82) is 0 Å². The van der Waals surface area contributed by atoms with Crippen LogP contribution < -0.4 is 5.32 Å². The smallest absolute Gasteiger partial charge is 0.308 e. The Kier molecular flexibility index (Phi) is 4.88. The Morgan fingerprint density at radius 3 is 2.23 bits per heavy atom. The number of halogens is 1. The van der Waals surface area contributed by atoms with Crippen LogP contribution in [0.15, 0.2) is 54.6 Å². The summed E-state index contributed by atoms with van der Waals surface area (Å²) >= 11 is 0. The maximum absolute atomic E-state index is 13.7. The fourth-order valence-electron chi connectivity index (χ4n) is 2.16. The molecule has 22 heavy (non-hydrogen) atoms. The van der Waals surface area contributed by atoms with E-state index in [1.165, 1.54) is 25.1 Å². The van der Waals surface area contributed by atoms with Gasteiger partial charge in [0.2, 0.25) is 0 Å². The van der Waals surface area contributed by atoms with Crippen LogP contribution >= 0.6 is 0 Å². The van der Waals surface area contributed by atoms with Crippen LogP contribution in [0, 0.1) is 11.7 Å². The van der Waals surface area contributed by atoms with Gasteiger partial charge >= 0.3 is 5.97 Å². The summed E-state index contributed by atoms with van der Waals surface area (Å²) in [7, 11) is 0. The second-order valence-electron chi connectivity index (χ2n) is 4.97. The lowest BCUT2D eigenvalue weighted by Gasteiger charge is -2.23. The summed E-state index contributed by atoms with van der Waals surface area (Å²) in [6, 6.07) is 13.6. The molecule has 0 aliphatic carbocycles. The van der Waals surface area contributed by atoms with E-state index in [2.05, 4.69) is 5.32 Å². The highest BCUT2D eigenvalue weighted by Crippen LogP contribution is 2.23. The summed E-state index contributed by atoms with van der Waals surface area (Å²) < 4.78 is 13.7. The van der Waals surface area contributed by atoms with Crippen LogP contribution in [0.2, 0.25) is 0 Å². The predicted molar refractivity (Wildman–Crippen MR) is 79.8 cm³/mol. The second kappa shape index (κ2) is 6.85. The van der Waals surface area contributed by atoms with Gasteiger partial charge in [0.1, 0.15) is 5.82 Å². The molecule has 2 aromatic carbocycles. The summed E-state index contributed by atoms with van der Waals surface area (Å²) in [4.78, 5) is 23.5. The average Bonchev–Trinajstić information content (AvgIpc) is 2.53. The molecule has 0 saturated carbocycles. The molecule has 0 aliphatic heterocycles. The molecule has 2 aromatic rings. The minimum absolute atomic E-state index is 0.110. The molecule has 0 radical (unpaired) electrons. The summed E-state index contributed by atoms with van der Waals surface area (Å²) in [5.74, 6) is -3.17. The first-order valence-electron chi connectivity index (χ1n) is 6.84. The van der Waals surface area contributed by atoms with Crippen LogP contribution in [-0.4, -0.2) is 17.0 Å². The first kappa shape index (κ1) is 15.7. The number of aliphatic carboxylic acids is 1. The fraction of sp³-hybridized carbons (Fsp3) is 0.176. The largest absolute Gasteiger partial charge is 0.481 e. The van der Waals surface area contributed by atoms with Crippen molar-refractivity contribution < 1.29 is 19.1 Å². The molecule has 1 amide bonds. The molecular weight excluding hydrogens is 285 g/mol. The number of benzene rings is 2. The molecule has 0 saturated heterocycles. The van der Waals surface area contributed by atoms with Crippen LogP contribution in [-0.2, 0) is 4.79 Å². The maximum Gasteiger partial charge on any atom is 0.308 e. The molecule has 0 unspecified atom stereocenters. The zero-order valence-electron chi connectivity index (χ0n) is 12.0. The number of rotatable bonds is 5. The molecule has 0 bridgehead atoms. The third-order valence-corrected chi connectivity index (χ3v) is 3.45. The number of amides is 1. The van der Waals surface area contributed by atoms with Crippen LogP contribution in [0.3, 0.4) is 0 Å². The Bertz CT molecular complexity index is 673. The fourth-order valence-corrected chi connectivity index (χ4v) is 2.16. The number of hydrogen-bond acceptors (Lipinski definition) is 2. The predicted octanol–water partition coefficient (Wildman–Crippen LogP) is 3.02. The third kappa shape index (κ3) is 3.49. The molecule has 0 aliphatic rings. The van der Waals surface area contributed by atoms with Crippen molar-refractivity contribution in [3.05, 3.63) is 71.5 Å². The van der Waals surface area contributed by atoms with Gasteiger partial charge in [-0.1, -0.05) is 42.5 Å². The van der Waals surface area contributed by atoms with Crippen molar-refractivity contribution in [1.82, 2.24) is 5.32 Å². The highest BCUT2D eigenvalue weighted by Gasteiger charge is 2.27. The zero-order valence-corrected chi connectivity index (χ0v) is 12.0. The number of nitrogens with one attached hydrogen (secondary N) is 1. The van der Waals surface area contributed by atoms with Crippen molar-refractivity contribution >= 4 is 11.9 Å². The number of carboxylic acid groups (broad SMARTS) is 1. The standard InChI is InChI=1S/C17H16FNO3/c1-11(17(21)22)15(12-7-3-2-4-8-12)19-16(20)13-9-5-6-10-14(13)18/h2-11,15H,1H3,(H,19,20)(H,21,22)/t11-,15-/m0/s1. The van der Waals surface area contributed by atoms with Crippen molar-refractivity contribution in [2.24, 2.45) is 5.92 Å². The topological polar surface area (TPSA) is 66.4 Å². The lowest BCUT2D eigenvalue weighted by molar-refractivity contribution is -0.142. The van der Waals surface area contributed by atoms with E-state index in [-0.39, 0.29) is 5.56 Å². The van der Waals surface area contributed by atoms with Crippen LogP contribution in [0.1, 0.15) is 28.9 Å². The van der Waals surface area contributed by atoms with E-state index in [9.17, 15) is 19.1 Å². The minimum atomic E-state index is -1.04. The van der Waals surface area contributed by atoms with Gasteiger partial charge in [0, 0.05) is 0 Å². The quantitative estimate of drug-likeness (QED) is 0.892. The lowest BCUT2D eigenvalue weighted by Crippen LogP contribution is -2.36. The zero-order chi connectivity index (χ0) is 16.1. The van der Waals surface area contributed by atoms with E-state index >= 15 is 0 Å². The number of carboxylic acids is 1. The van der Waals surface area contributed by atoms with Gasteiger partial charge in [-0.05, 0) is 24.6 Å². The second-order valence-corrected chi connectivity index (χ2v) is 4.97. The Morgan fingerprint density at radius 1 is 1.05 bits per heavy atom. The molecule has 0 spiro atoms. The molecule has 2 atom stereocenters. The number of hydrogen-bond donors (Lipinski definition) is 2. The summed E-state index contributed by atoms with van der Waals surface area (Å²) in [5, 5.41) is 11.8. The monoisotopic (exact) mass is 301 g/mol. The van der Waals surface area contributed by atoms with Gasteiger partial charge in [0.25, 0.3) is 5.91 Å². The molecule has 0 fully saturated rings. The van der Waals surface area contributed by atoms with E-state index in [4.69, 9.17) is 0 Å². The molecule has 114 valence electrons. The van der Waals surface area contributed by atoms with E-state index < -0.39 is 29.7 Å². The van der Waals surface area contributed by atoms with Crippen molar-refractivity contribution in [2.75, 3.05) is 0 Å². The normalized spacial score (nSPS) is 13.2. The Balaban J connectivity index is 2.29. The van der Waals surface area contributed by atoms with Crippen LogP contribution in [0.4, 0.5) is 4.39 Å². The molecule has 5 heteroatoms. The van der Waals surface area contributed by atoms with Crippen molar-refractivity contribution in [3.63, 3.8) is 0 Å². The maximum atomic E-state index is 13.7. The van der Waals surface area contributed by atoms with Crippen molar-refractivity contribution in [3.8, 4) is 0 Å². The lowest BCUT2D eigenvalue weighted by atomic mass is 9.94. The first-order valence-corrected chi connectivity index (χ1v) is 6.84. The average molecular weight is 301 g/mol. The van der Waals surface area contributed by atoms with Gasteiger partial charge in [0.05, 0.1) is 17.5 Å². The Labute approximate surface area is 127 Å². The highest BCUT2D eigenvalue weighted by atomic mass is 19.1. The molecule has 2 rings (SSSR count). The SMILES string of the molecule is C[C@H](C(=O)O)[C@H](NC(=O)c1ccccc1F)c1ccccc1. The van der Waals surface area contributed by atoms with Gasteiger partial charge in [-0.15, -0.1) is 0 Å².